The maximum atomic E-state index is 11.7. The van der Waals surface area contributed by atoms with Gasteiger partial charge in [0.15, 0.2) is 0 Å². The number of ether oxygens (including phenoxy) is 1. The van der Waals surface area contributed by atoms with Crippen LogP contribution in [-0.2, 0) is 10.0 Å². The number of nitrogen functional groups attached to an aromatic ring is 1. The van der Waals surface area contributed by atoms with E-state index in [4.69, 9.17) is 10.5 Å². The molecule has 1 fully saturated rings. The van der Waals surface area contributed by atoms with E-state index in [1.807, 2.05) is 0 Å². The fourth-order valence-corrected chi connectivity index (χ4v) is 3.01. The minimum atomic E-state index is -3.46. The highest BCUT2D eigenvalue weighted by Gasteiger charge is 2.18. The monoisotopic (exact) mass is 284 g/mol. The Hall–Kier alpha value is -1.27. The summed E-state index contributed by atoms with van der Waals surface area (Å²) in [4.78, 5) is 0.176. The van der Waals surface area contributed by atoms with E-state index in [9.17, 15) is 8.42 Å². The highest BCUT2D eigenvalue weighted by molar-refractivity contribution is 7.89. The van der Waals surface area contributed by atoms with E-state index in [-0.39, 0.29) is 11.0 Å². The van der Waals surface area contributed by atoms with Gasteiger partial charge in [-0.1, -0.05) is 6.42 Å². The molecule has 1 aliphatic rings. The first-order valence-corrected chi connectivity index (χ1v) is 8.01. The molecule has 0 saturated heterocycles. The second kappa shape index (κ2) is 5.79. The molecule has 1 saturated carbocycles. The summed E-state index contributed by atoms with van der Waals surface area (Å²) in [5.41, 5.74) is 6.32. The van der Waals surface area contributed by atoms with Crippen molar-refractivity contribution in [1.82, 2.24) is 4.72 Å². The summed E-state index contributed by atoms with van der Waals surface area (Å²) in [5.74, 6) is 0.461. The van der Waals surface area contributed by atoms with Gasteiger partial charge in [-0.15, -0.1) is 0 Å². The van der Waals surface area contributed by atoms with Crippen molar-refractivity contribution >= 4 is 15.7 Å². The third-order valence-corrected chi connectivity index (χ3v) is 4.82. The minimum absolute atomic E-state index is 0.142. The number of anilines is 1. The van der Waals surface area contributed by atoms with E-state index in [0.29, 0.717) is 11.4 Å². The highest BCUT2D eigenvalue weighted by Crippen LogP contribution is 2.29. The Morgan fingerprint density at radius 2 is 1.95 bits per heavy atom. The van der Waals surface area contributed by atoms with E-state index in [0.717, 1.165) is 25.7 Å². The average Bonchev–Trinajstić information content (AvgIpc) is 2.42. The molecule has 0 heterocycles. The van der Waals surface area contributed by atoms with Gasteiger partial charge in [0.05, 0.1) is 16.7 Å². The van der Waals surface area contributed by atoms with Crippen LogP contribution in [0.5, 0.6) is 5.75 Å². The molecule has 1 aromatic rings. The van der Waals surface area contributed by atoms with E-state index in [2.05, 4.69) is 4.72 Å². The van der Waals surface area contributed by atoms with Crippen LogP contribution in [0.1, 0.15) is 32.1 Å². The molecule has 19 heavy (non-hydrogen) atoms. The molecule has 106 valence electrons. The number of nitrogens with two attached hydrogens (primary N) is 1. The lowest BCUT2D eigenvalue weighted by Crippen LogP contribution is -2.21. The fraction of sp³-hybridized carbons (Fsp3) is 0.538. The molecule has 1 aliphatic carbocycles. The maximum Gasteiger partial charge on any atom is 0.240 e. The molecular formula is C13H20N2O3S. The first-order chi connectivity index (χ1) is 9.03. The van der Waals surface area contributed by atoms with Crippen LogP contribution in [-0.4, -0.2) is 21.6 Å². The second-order valence-electron chi connectivity index (χ2n) is 4.79. The highest BCUT2D eigenvalue weighted by atomic mass is 32.2. The molecule has 5 nitrogen and oxygen atoms in total. The zero-order valence-corrected chi connectivity index (χ0v) is 11.9. The lowest BCUT2D eigenvalue weighted by atomic mass is 9.98. The van der Waals surface area contributed by atoms with Gasteiger partial charge in [0.1, 0.15) is 5.75 Å². The van der Waals surface area contributed by atoms with Gasteiger partial charge < -0.3 is 10.5 Å². The molecule has 0 amide bonds. The van der Waals surface area contributed by atoms with Gasteiger partial charge in [0.2, 0.25) is 10.0 Å². The number of rotatable bonds is 4. The first-order valence-electron chi connectivity index (χ1n) is 6.52. The first kappa shape index (κ1) is 14.1. The van der Waals surface area contributed by atoms with Gasteiger partial charge in [-0.2, -0.15) is 0 Å². The van der Waals surface area contributed by atoms with Crippen LogP contribution >= 0.6 is 0 Å². The summed E-state index contributed by atoms with van der Waals surface area (Å²) in [7, 11) is -2.08. The predicted molar refractivity (Wildman–Crippen MR) is 74.6 cm³/mol. The van der Waals surface area contributed by atoms with Crippen molar-refractivity contribution in [1.29, 1.82) is 0 Å². The number of hydrogen-bond acceptors (Lipinski definition) is 4. The van der Waals surface area contributed by atoms with Gasteiger partial charge in [-0.25, -0.2) is 13.1 Å². The quantitative estimate of drug-likeness (QED) is 0.827. The molecule has 6 heteroatoms. The van der Waals surface area contributed by atoms with E-state index in [1.54, 1.807) is 6.07 Å². The topological polar surface area (TPSA) is 81.4 Å². The van der Waals surface area contributed by atoms with E-state index in [1.165, 1.54) is 25.6 Å². The molecule has 0 atom stereocenters. The Kier molecular flexibility index (Phi) is 4.31. The molecule has 0 radical (unpaired) electrons. The van der Waals surface area contributed by atoms with Crippen LogP contribution in [0.4, 0.5) is 5.69 Å². The maximum absolute atomic E-state index is 11.7. The molecule has 1 aromatic carbocycles. The largest absolute Gasteiger partial charge is 0.488 e. The Balaban J connectivity index is 2.22. The van der Waals surface area contributed by atoms with Gasteiger partial charge in [-0.3, -0.25) is 0 Å². The van der Waals surface area contributed by atoms with Crippen molar-refractivity contribution in [2.75, 3.05) is 12.8 Å². The van der Waals surface area contributed by atoms with E-state index >= 15 is 0 Å². The summed E-state index contributed by atoms with van der Waals surface area (Å²) in [5, 5.41) is 0. The smallest absolute Gasteiger partial charge is 0.240 e. The van der Waals surface area contributed by atoms with Crippen molar-refractivity contribution in [3.63, 3.8) is 0 Å². The Morgan fingerprint density at radius 1 is 1.26 bits per heavy atom. The summed E-state index contributed by atoms with van der Waals surface area (Å²) in [6.45, 7) is 0. The number of hydrogen-bond donors (Lipinski definition) is 2. The molecule has 0 aliphatic heterocycles. The lowest BCUT2D eigenvalue weighted by molar-refractivity contribution is 0.155. The van der Waals surface area contributed by atoms with Crippen LogP contribution in [0.2, 0.25) is 0 Å². The Bertz CT molecular complexity index is 537. The van der Waals surface area contributed by atoms with Crippen molar-refractivity contribution < 1.29 is 13.2 Å². The van der Waals surface area contributed by atoms with Gasteiger partial charge in [0, 0.05) is 6.07 Å². The summed E-state index contributed by atoms with van der Waals surface area (Å²) in [6.07, 6.45) is 5.69. The Labute approximate surface area is 114 Å². The predicted octanol–water partition coefficient (Wildman–Crippen LogP) is 1.89. The molecular weight excluding hydrogens is 264 g/mol. The number of sulfonamides is 1. The minimum Gasteiger partial charge on any atom is -0.488 e. The summed E-state index contributed by atoms with van der Waals surface area (Å²) in [6, 6.07) is 4.55. The Morgan fingerprint density at radius 3 is 2.58 bits per heavy atom. The molecule has 2 rings (SSSR count). The van der Waals surface area contributed by atoms with Crippen molar-refractivity contribution in [2.45, 2.75) is 43.1 Å². The van der Waals surface area contributed by atoms with Crippen LogP contribution in [0.3, 0.4) is 0 Å². The zero-order chi connectivity index (χ0) is 13.9. The van der Waals surface area contributed by atoms with Crippen LogP contribution in [0, 0.1) is 0 Å². The van der Waals surface area contributed by atoms with Gasteiger partial charge in [-0.05, 0) is 44.9 Å². The fourth-order valence-electron chi connectivity index (χ4n) is 2.26. The van der Waals surface area contributed by atoms with Crippen LogP contribution in [0.15, 0.2) is 23.1 Å². The molecule has 0 bridgehead atoms. The number of benzene rings is 1. The lowest BCUT2D eigenvalue weighted by Gasteiger charge is -2.24. The van der Waals surface area contributed by atoms with Gasteiger partial charge >= 0.3 is 0 Å². The van der Waals surface area contributed by atoms with Crippen LogP contribution < -0.4 is 15.2 Å². The molecule has 3 N–H and O–H groups in total. The van der Waals surface area contributed by atoms with Crippen molar-refractivity contribution in [2.24, 2.45) is 0 Å². The third kappa shape index (κ3) is 3.39. The third-order valence-electron chi connectivity index (χ3n) is 3.41. The normalized spacial score (nSPS) is 17.3. The van der Waals surface area contributed by atoms with Crippen molar-refractivity contribution in [3.05, 3.63) is 18.2 Å². The average molecular weight is 284 g/mol. The molecule has 0 aromatic heterocycles. The standard InChI is InChI=1S/C13H20N2O3S/c1-15-19(16,17)11-7-8-12(14)13(9-11)18-10-5-3-2-4-6-10/h7-10,15H,2-6,14H2,1H3. The zero-order valence-electron chi connectivity index (χ0n) is 11.1. The number of nitrogens with one attached hydrogen (secondary N) is 1. The molecule has 0 unspecified atom stereocenters. The summed E-state index contributed by atoms with van der Waals surface area (Å²) < 4.78 is 31.6. The second-order valence-corrected chi connectivity index (χ2v) is 6.67. The van der Waals surface area contributed by atoms with Crippen LogP contribution in [0.25, 0.3) is 0 Å². The molecule has 0 spiro atoms. The van der Waals surface area contributed by atoms with Crippen molar-refractivity contribution in [3.8, 4) is 5.75 Å². The van der Waals surface area contributed by atoms with E-state index < -0.39 is 10.0 Å². The SMILES string of the molecule is CNS(=O)(=O)c1ccc(N)c(OC2CCCCC2)c1. The van der Waals surface area contributed by atoms with Gasteiger partial charge in [0.25, 0.3) is 0 Å². The summed E-state index contributed by atoms with van der Waals surface area (Å²) >= 11 is 0.